The molecule has 0 radical (unpaired) electrons. The van der Waals surface area contributed by atoms with E-state index in [1.165, 1.54) is 0 Å². The number of carboxylic acids is 1. The highest BCUT2D eigenvalue weighted by Gasteiger charge is 2.31. The molecular formula is C11H10F2O3. The van der Waals surface area contributed by atoms with Crippen LogP contribution < -0.4 is 0 Å². The first-order valence-electron chi connectivity index (χ1n) is 4.90. The second kappa shape index (κ2) is 4.17. The van der Waals surface area contributed by atoms with Crippen molar-refractivity contribution in [2.45, 2.75) is 25.0 Å². The quantitative estimate of drug-likeness (QED) is 0.844. The Hall–Kier alpha value is -1.49. The SMILES string of the molecule is O=C(O)C1CCC(c2cc(F)cc(F)c2)O1. The lowest BCUT2D eigenvalue weighted by molar-refractivity contribution is -0.149. The van der Waals surface area contributed by atoms with Crippen LogP contribution in [0.2, 0.25) is 0 Å². The van der Waals surface area contributed by atoms with E-state index in [1.807, 2.05) is 0 Å². The summed E-state index contributed by atoms with van der Waals surface area (Å²) >= 11 is 0. The van der Waals surface area contributed by atoms with Crippen LogP contribution in [0.3, 0.4) is 0 Å². The Balaban J connectivity index is 2.17. The van der Waals surface area contributed by atoms with E-state index in [2.05, 4.69) is 0 Å². The van der Waals surface area contributed by atoms with Gasteiger partial charge in [0.2, 0.25) is 0 Å². The number of hydrogen-bond donors (Lipinski definition) is 1. The Morgan fingerprint density at radius 1 is 1.25 bits per heavy atom. The van der Waals surface area contributed by atoms with Crippen LogP contribution in [0.15, 0.2) is 18.2 Å². The average Bonchev–Trinajstić information content (AvgIpc) is 2.64. The minimum Gasteiger partial charge on any atom is -0.479 e. The molecule has 1 fully saturated rings. The van der Waals surface area contributed by atoms with Crippen molar-refractivity contribution >= 4 is 5.97 Å². The molecule has 0 saturated carbocycles. The molecular weight excluding hydrogens is 218 g/mol. The minimum atomic E-state index is -1.04. The van der Waals surface area contributed by atoms with Gasteiger partial charge in [-0.2, -0.15) is 0 Å². The van der Waals surface area contributed by atoms with E-state index >= 15 is 0 Å². The molecule has 1 aromatic rings. The minimum absolute atomic E-state index is 0.348. The maximum atomic E-state index is 12.9. The van der Waals surface area contributed by atoms with Gasteiger partial charge in [-0.1, -0.05) is 0 Å². The van der Waals surface area contributed by atoms with Gasteiger partial charge < -0.3 is 9.84 Å². The molecule has 16 heavy (non-hydrogen) atoms. The smallest absolute Gasteiger partial charge is 0.332 e. The molecule has 0 amide bonds. The molecule has 2 unspecified atom stereocenters. The zero-order valence-corrected chi connectivity index (χ0v) is 8.32. The molecule has 1 N–H and O–H groups in total. The van der Waals surface area contributed by atoms with Crippen LogP contribution in [0.25, 0.3) is 0 Å². The van der Waals surface area contributed by atoms with E-state index < -0.39 is 29.8 Å². The standard InChI is InChI=1S/C11H10F2O3/c12-7-3-6(4-8(13)5-7)9-1-2-10(16-9)11(14)15/h3-5,9-10H,1-2H2,(H,14,15). The van der Waals surface area contributed by atoms with Crippen molar-refractivity contribution in [3.05, 3.63) is 35.4 Å². The van der Waals surface area contributed by atoms with E-state index in [1.54, 1.807) is 0 Å². The first-order chi connectivity index (χ1) is 7.56. The van der Waals surface area contributed by atoms with E-state index in [4.69, 9.17) is 9.84 Å². The van der Waals surface area contributed by atoms with E-state index in [-0.39, 0.29) is 0 Å². The molecule has 2 rings (SSSR count). The first kappa shape index (κ1) is 11.0. The maximum Gasteiger partial charge on any atom is 0.332 e. The predicted molar refractivity (Wildman–Crippen MR) is 50.8 cm³/mol. The van der Waals surface area contributed by atoms with Crippen LogP contribution in [-0.2, 0) is 9.53 Å². The van der Waals surface area contributed by atoms with Crippen LogP contribution in [0.1, 0.15) is 24.5 Å². The van der Waals surface area contributed by atoms with E-state index in [0.717, 1.165) is 18.2 Å². The van der Waals surface area contributed by atoms with Crippen molar-refractivity contribution in [1.29, 1.82) is 0 Å². The Labute approximate surface area is 90.7 Å². The molecule has 1 aliphatic heterocycles. The fraction of sp³-hybridized carbons (Fsp3) is 0.364. The number of aliphatic carboxylic acids is 1. The Morgan fingerprint density at radius 2 is 1.88 bits per heavy atom. The number of carbonyl (C=O) groups is 1. The van der Waals surface area contributed by atoms with Gasteiger partial charge in [0.05, 0.1) is 6.10 Å². The zero-order valence-electron chi connectivity index (χ0n) is 8.32. The van der Waals surface area contributed by atoms with Crippen molar-refractivity contribution in [1.82, 2.24) is 0 Å². The van der Waals surface area contributed by atoms with Crippen molar-refractivity contribution in [2.75, 3.05) is 0 Å². The first-order valence-corrected chi connectivity index (χ1v) is 4.90. The molecule has 0 bridgehead atoms. The van der Waals surface area contributed by atoms with Gasteiger partial charge in [-0.15, -0.1) is 0 Å². The molecule has 2 atom stereocenters. The molecule has 0 spiro atoms. The van der Waals surface area contributed by atoms with Gasteiger partial charge in [0.15, 0.2) is 6.10 Å². The fourth-order valence-corrected chi connectivity index (χ4v) is 1.83. The third-order valence-electron chi connectivity index (χ3n) is 2.55. The summed E-state index contributed by atoms with van der Waals surface area (Å²) in [6.07, 6.45) is -0.597. The molecule has 0 aliphatic carbocycles. The van der Waals surface area contributed by atoms with Gasteiger partial charge in [0, 0.05) is 6.07 Å². The molecule has 86 valence electrons. The fourth-order valence-electron chi connectivity index (χ4n) is 1.83. The Morgan fingerprint density at radius 3 is 2.38 bits per heavy atom. The van der Waals surface area contributed by atoms with Gasteiger partial charge in [0.1, 0.15) is 11.6 Å². The largest absolute Gasteiger partial charge is 0.479 e. The summed E-state index contributed by atoms with van der Waals surface area (Å²) < 4.78 is 31.0. The van der Waals surface area contributed by atoms with Crippen LogP contribution in [0, 0.1) is 11.6 Å². The monoisotopic (exact) mass is 228 g/mol. The average molecular weight is 228 g/mol. The summed E-state index contributed by atoms with van der Waals surface area (Å²) in [5.74, 6) is -2.41. The lowest BCUT2D eigenvalue weighted by Gasteiger charge is -2.11. The highest BCUT2D eigenvalue weighted by Crippen LogP contribution is 2.33. The van der Waals surface area contributed by atoms with Gasteiger partial charge >= 0.3 is 5.97 Å². The number of benzene rings is 1. The lowest BCUT2D eigenvalue weighted by Crippen LogP contribution is -2.18. The Bertz CT molecular complexity index is 399. The number of carboxylic acid groups (broad SMARTS) is 1. The van der Waals surface area contributed by atoms with Crippen LogP contribution in [0.5, 0.6) is 0 Å². The summed E-state index contributed by atoms with van der Waals surface area (Å²) in [6, 6.07) is 3.10. The summed E-state index contributed by atoms with van der Waals surface area (Å²) in [4.78, 5) is 10.6. The predicted octanol–water partition coefficient (Wildman–Crippen LogP) is 2.27. The molecule has 1 heterocycles. The number of ether oxygens (including phenoxy) is 1. The van der Waals surface area contributed by atoms with Gasteiger partial charge in [0.25, 0.3) is 0 Å². The normalized spacial score (nSPS) is 24.6. The van der Waals surface area contributed by atoms with E-state index in [9.17, 15) is 13.6 Å². The summed E-state index contributed by atoms with van der Waals surface area (Å²) in [5, 5.41) is 8.71. The highest BCUT2D eigenvalue weighted by atomic mass is 19.1. The van der Waals surface area contributed by atoms with Gasteiger partial charge in [-0.05, 0) is 30.5 Å². The van der Waals surface area contributed by atoms with Crippen LogP contribution in [0.4, 0.5) is 8.78 Å². The molecule has 0 aromatic heterocycles. The highest BCUT2D eigenvalue weighted by molar-refractivity contribution is 5.72. The molecule has 1 saturated heterocycles. The zero-order chi connectivity index (χ0) is 11.7. The summed E-state index contributed by atoms with van der Waals surface area (Å²) in [5.41, 5.74) is 0.348. The third-order valence-corrected chi connectivity index (χ3v) is 2.55. The maximum absolute atomic E-state index is 12.9. The number of rotatable bonds is 2. The number of halogens is 2. The van der Waals surface area contributed by atoms with Crippen LogP contribution in [-0.4, -0.2) is 17.2 Å². The Kier molecular flexibility index (Phi) is 2.87. The van der Waals surface area contributed by atoms with Crippen molar-refractivity contribution in [3.8, 4) is 0 Å². The van der Waals surface area contributed by atoms with Gasteiger partial charge in [-0.25, -0.2) is 13.6 Å². The van der Waals surface area contributed by atoms with Crippen LogP contribution >= 0.6 is 0 Å². The molecule has 5 heteroatoms. The van der Waals surface area contributed by atoms with Crippen molar-refractivity contribution in [3.63, 3.8) is 0 Å². The molecule has 1 aromatic carbocycles. The number of hydrogen-bond acceptors (Lipinski definition) is 2. The lowest BCUT2D eigenvalue weighted by atomic mass is 10.1. The van der Waals surface area contributed by atoms with Gasteiger partial charge in [-0.3, -0.25) is 0 Å². The van der Waals surface area contributed by atoms with E-state index in [0.29, 0.717) is 18.4 Å². The summed E-state index contributed by atoms with van der Waals surface area (Å²) in [6.45, 7) is 0. The second-order valence-electron chi connectivity index (χ2n) is 3.73. The van der Waals surface area contributed by atoms with Crippen molar-refractivity contribution in [2.24, 2.45) is 0 Å². The second-order valence-corrected chi connectivity index (χ2v) is 3.73. The topological polar surface area (TPSA) is 46.5 Å². The molecule has 1 aliphatic rings. The molecule has 3 nitrogen and oxygen atoms in total. The third kappa shape index (κ3) is 2.19. The summed E-state index contributed by atoms with van der Waals surface area (Å²) in [7, 11) is 0. The van der Waals surface area contributed by atoms with Crippen molar-refractivity contribution < 1.29 is 23.4 Å².